The number of benzene rings is 2. The lowest BCUT2D eigenvalue weighted by atomic mass is 9.93. The van der Waals surface area contributed by atoms with Crippen LogP contribution in [0.1, 0.15) is 11.7 Å². The number of nitrogens with zero attached hydrogens (tertiary/aromatic N) is 1. The average molecular weight is 285 g/mol. The van der Waals surface area contributed by atoms with Crippen LogP contribution < -0.4 is 4.74 Å². The SMILES string of the molecule is O=C1Oc2ccccc2[C@H](O)[C@H]1C=Nc1ccc(F)cc1. The zero-order valence-electron chi connectivity index (χ0n) is 10.9. The molecule has 1 aliphatic rings. The van der Waals surface area contributed by atoms with Crippen molar-refractivity contribution >= 4 is 17.9 Å². The van der Waals surface area contributed by atoms with Gasteiger partial charge in [0, 0.05) is 11.8 Å². The molecule has 5 heteroatoms. The van der Waals surface area contributed by atoms with Crippen LogP contribution in [-0.4, -0.2) is 17.3 Å². The number of aliphatic hydroxyl groups is 1. The Bertz CT molecular complexity index is 697. The van der Waals surface area contributed by atoms with Crippen molar-refractivity contribution in [3.63, 3.8) is 0 Å². The molecule has 1 heterocycles. The number of aliphatic imine (C=N–C) groups is 1. The second kappa shape index (κ2) is 5.46. The molecule has 1 N–H and O–H groups in total. The fraction of sp³-hybridized carbons (Fsp3) is 0.125. The number of ether oxygens (including phenoxy) is 1. The third-order valence-corrected chi connectivity index (χ3v) is 3.27. The Kier molecular flexibility index (Phi) is 3.50. The van der Waals surface area contributed by atoms with Crippen molar-refractivity contribution in [2.24, 2.45) is 10.9 Å². The van der Waals surface area contributed by atoms with Gasteiger partial charge in [-0.15, -0.1) is 0 Å². The number of carbonyl (C=O) groups excluding carboxylic acids is 1. The molecule has 0 saturated carbocycles. The van der Waals surface area contributed by atoms with Crippen LogP contribution in [0.4, 0.5) is 10.1 Å². The zero-order valence-corrected chi connectivity index (χ0v) is 10.9. The number of halogens is 1. The van der Waals surface area contributed by atoms with E-state index in [9.17, 15) is 14.3 Å². The normalized spacial score (nSPS) is 21.1. The van der Waals surface area contributed by atoms with Crippen molar-refractivity contribution in [3.8, 4) is 5.75 Å². The first kappa shape index (κ1) is 13.5. The molecule has 106 valence electrons. The Balaban J connectivity index is 1.86. The van der Waals surface area contributed by atoms with E-state index >= 15 is 0 Å². The van der Waals surface area contributed by atoms with Gasteiger partial charge >= 0.3 is 5.97 Å². The van der Waals surface area contributed by atoms with Crippen LogP contribution >= 0.6 is 0 Å². The molecule has 0 amide bonds. The standard InChI is InChI=1S/C16H12FNO3/c17-10-5-7-11(8-6-10)18-9-13-15(19)12-3-1-2-4-14(12)21-16(13)20/h1-9,13,15,19H/t13-,15+/m1/s1. The zero-order chi connectivity index (χ0) is 14.8. The van der Waals surface area contributed by atoms with Gasteiger partial charge in [0.25, 0.3) is 0 Å². The smallest absolute Gasteiger partial charge is 0.322 e. The van der Waals surface area contributed by atoms with Crippen LogP contribution in [0.5, 0.6) is 5.75 Å². The predicted molar refractivity (Wildman–Crippen MR) is 75.1 cm³/mol. The molecule has 0 unspecified atom stereocenters. The maximum Gasteiger partial charge on any atom is 0.322 e. The number of para-hydroxylation sites is 1. The number of carbonyl (C=O) groups is 1. The first-order chi connectivity index (χ1) is 10.1. The summed E-state index contributed by atoms with van der Waals surface area (Å²) in [5.74, 6) is -1.45. The van der Waals surface area contributed by atoms with Gasteiger partial charge in [-0.1, -0.05) is 18.2 Å². The second-order valence-corrected chi connectivity index (χ2v) is 4.68. The van der Waals surface area contributed by atoms with E-state index in [1.807, 2.05) is 0 Å². The third kappa shape index (κ3) is 2.68. The summed E-state index contributed by atoms with van der Waals surface area (Å²) in [6, 6.07) is 12.3. The fourth-order valence-corrected chi connectivity index (χ4v) is 2.15. The van der Waals surface area contributed by atoms with E-state index < -0.39 is 18.0 Å². The second-order valence-electron chi connectivity index (χ2n) is 4.68. The molecule has 0 spiro atoms. The number of fused-ring (bicyclic) bond motifs is 1. The number of aliphatic hydroxyl groups excluding tert-OH is 1. The summed E-state index contributed by atoms with van der Waals surface area (Å²) >= 11 is 0. The minimum atomic E-state index is -1.01. The molecular formula is C16H12FNO3. The summed E-state index contributed by atoms with van der Waals surface area (Å²) in [6.45, 7) is 0. The van der Waals surface area contributed by atoms with Gasteiger partial charge in [0.05, 0.1) is 5.69 Å². The van der Waals surface area contributed by atoms with E-state index in [0.717, 1.165) is 0 Å². The molecular weight excluding hydrogens is 273 g/mol. The van der Waals surface area contributed by atoms with Gasteiger partial charge < -0.3 is 9.84 Å². The summed E-state index contributed by atoms with van der Waals surface area (Å²) in [7, 11) is 0. The van der Waals surface area contributed by atoms with Gasteiger partial charge in [0.2, 0.25) is 0 Å². The summed E-state index contributed by atoms with van der Waals surface area (Å²) in [4.78, 5) is 16.0. The lowest BCUT2D eigenvalue weighted by molar-refractivity contribution is -0.141. The monoisotopic (exact) mass is 285 g/mol. The number of hydrogen-bond donors (Lipinski definition) is 1. The van der Waals surface area contributed by atoms with E-state index in [0.29, 0.717) is 17.0 Å². The van der Waals surface area contributed by atoms with Crippen LogP contribution in [0.2, 0.25) is 0 Å². The van der Waals surface area contributed by atoms with Crippen molar-refractivity contribution in [1.29, 1.82) is 0 Å². The summed E-state index contributed by atoms with van der Waals surface area (Å²) in [6.07, 6.45) is 0.322. The maximum atomic E-state index is 12.8. The van der Waals surface area contributed by atoms with Crippen LogP contribution in [-0.2, 0) is 4.79 Å². The summed E-state index contributed by atoms with van der Waals surface area (Å²) < 4.78 is 18.0. The summed E-state index contributed by atoms with van der Waals surface area (Å²) in [5, 5.41) is 10.3. The first-order valence-corrected chi connectivity index (χ1v) is 6.43. The van der Waals surface area contributed by atoms with Crippen LogP contribution in [0.25, 0.3) is 0 Å². The lowest BCUT2D eigenvalue weighted by Crippen LogP contribution is -2.32. The van der Waals surface area contributed by atoms with Crippen LogP contribution in [0.15, 0.2) is 53.5 Å². The Morgan fingerprint density at radius 3 is 2.62 bits per heavy atom. The van der Waals surface area contributed by atoms with Gasteiger partial charge in [0.15, 0.2) is 0 Å². The number of rotatable bonds is 2. The lowest BCUT2D eigenvalue weighted by Gasteiger charge is -2.25. The van der Waals surface area contributed by atoms with E-state index in [1.54, 1.807) is 24.3 Å². The van der Waals surface area contributed by atoms with Crippen LogP contribution in [0, 0.1) is 11.7 Å². The van der Waals surface area contributed by atoms with Crippen LogP contribution in [0.3, 0.4) is 0 Å². The minimum absolute atomic E-state index is 0.361. The molecule has 2 aromatic carbocycles. The van der Waals surface area contributed by atoms with Crippen molar-refractivity contribution in [1.82, 2.24) is 0 Å². The maximum absolute atomic E-state index is 12.8. The highest BCUT2D eigenvalue weighted by molar-refractivity contribution is 5.94. The highest BCUT2D eigenvalue weighted by atomic mass is 19.1. The van der Waals surface area contributed by atoms with Crippen molar-refractivity contribution in [2.75, 3.05) is 0 Å². The average Bonchev–Trinajstić information content (AvgIpc) is 2.49. The molecule has 0 fully saturated rings. The van der Waals surface area contributed by atoms with Gasteiger partial charge in [0.1, 0.15) is 23.6 Å². The molecule has 1 aliphatic heterocycles. The first-order valence-electron chi connectivity index (χ1n) is 6.43. The molecule has 0 bridgehead atoms. The fourth-order valence-electron chi connectivity index (χ4n) is 2.15. The van der Waals surface area contributed by atoms with Gasteiger partial charge in [-0.05, 0) is 30.3 Å². The predicted octanol–water partition coefficient (Wildman–Crippen LogP) is 2.80. The Hall–Kier alpha value is -2.53. The van der Waals surface area contributed by atoms with Gasteiger partial charge in [-0.3, -0.25) is 9.79 Å². The molecule has 3 rings (SSSR count). The Labute approximate surface area is 120 Å². The molecule has 0 aromatic heterocycles. The Morgan fingerprint density at radius 1 is 1.14 bits per heavy atom. The third-order valence-electron chi connectivity index (χ3n) is 3.27. The molecule has 21 heavy (non-hydrogen) atoms. The highest BCUT2D eigenvalue weighted by Gasteiger charge is 2.35. The molecule has 0 aliphatic carbocycles. The van der Waals surface area contributed by atoms with E-state index in [2.05, 4.69) is 4.99 Å². The Morgan fingerprint density at radius 2 is 1.86 bits per heavy atom. The van der Waals surface area contributed by atoms with Crippen molar-refractivity contribution < 1.29 is 19.0 Å². The van der Waals surface area contributed by atoms with Crippen molar-refractivity contribution in [2.45, 2.75) is 6.10 Å². The van der Waals surface area contributed by atoms with E-state index in [1.165, 1.54) is 30.5 Å². The number of esters is 1. The quantitative estimate of drug-likeness (QED) is 0.524. The summed E-state index contributed by atoms with van der Waals surface area (Å²) in [5.41, 5.74) is 1.04. The van der Waals surface area contributed by atoms with Gasteiger partial charge in [-0.2, -0.15) is 0 Å². The van der Waals surface area contributed by atoms with E-state index in [-0.39, 0.29) is 5.82 Å². The largest absolute Gasteiger partial charge is 0.426 e. The topological polar surface area (TPSA) is 58.9 Å². The molecule has 4 nitrogen and oxygen atoms in total. The minimum Gasteiger partial charge on any atom is -0.426 e. The number of hydrogen-bond acceptors (Lipinski definition) is 4. The molecule has 0 radical (unpaired) electrons. The van der Waals surface area contributed by atoms with Crippen molar-refractivity contribution in [3.05, 3.63) is 59.9 Å². The molecule has 2 atom stereocenters. The highest BCUT2D eigenvalue weighted by Crippen LogP contribution is 2.35. The molecule has 0 saturated heterocycles. The van der Waals surface area contributed by atoms with Gasteiger partial charge in [-0.25, -0.2) is 4.39 Å². The van der Waals surface area contributed by atoms with E-state index in [4.69, 9.17) is 4.74 Å². The molecule has 2 aromatic rings.